The molecule has 11 heteroatoms. The highest BCUT2D eigenvalue weighted by Gasteiger charge is 2.17. The number of anilines is 1. The monoisotopic (exact) mass is 527 g/mol. The molecular formula is C27H22FN7O2S. The van der Waals surface area contributed by atoms with E-state index in [9.17, 15) is 12.8 Å². The zero-order valence-electron chi connectivity index (χ0n) is 20.2. The van der Waals surface area contributed by atoms with Crippen molar-refractivity contribution in [1.29, 1.82) is 0 Å². The molecule has 0 bridgehead atoms. The Hall–Kier alpha value is -4.64. The molecule has 5 heterocycles. The number of nitrogen functional groups attached to an aromatic ring is 1. The van der Waals surface area contributed by atoms with Gasteiger partial charge in [0, 0.05) is 46.9 Å². The molecule has 6 aromatic rings. The molecule has 6 rings (SSSR count). The van der Waals surface area contributed by atoms with Crippen molar-refractivity contribution in [3.8, 4) is 33.9 Å². The number of nitrogens with one attached hydrogen (secondary N) is 2. The van der Waals surface area contributed by atoms with E-state index in [4.69, 9.17) is 10.7 Å². The number of aryl methyl sites for hydroxylation is 1. The Morgan fingerprint density at radius 1 is 0.974 bits per heavy atom. The van der Waals surface area contributed by atoms with Gasteiger partial charge in [-0.15, -0.1) is 0 Å². The van der Waals surface area contributed by atoms with Crippen molar-refractivity contribution in [3.05, 3.63) is 78.5 Å². The van der Waals surface area contributed by atoms with Crippen LogP contribution in [0.4, 0.5) is 10.1 Å². The predicted octanol–water partition coefficient (Wildman–Crippen LogP) is 4.54. The maximum Gasteiger partial charge on any atom is 0.147 e. The summed E-state index contributed by atoms with van der Waals surface area (Å²) in [5.41, 5.74) is 13.2. The second-order valence-corrected chi connectivity index (χ2v) is 11.5. The highest BCUT2D eigenvalue weighted by Crippen LogP contribution is 2.34. The number of nitrogens with zero attached hydrogens (tertiary/aromatic N) is 4. The fourth-order valence-corrected chi connectivity index (χ4v) is 5.10. The fourth-order valence-electron chi connectivity index (χ4n) is 4.49. The summed E-state index contributed by atoms with van der Waals surface area (Å²) in [5, 5.41) is 8.29. The molecule has 0 amide bonds. The molecule has 0 aliphatic heterocycles. The van der Waals surface area contributed by atoms with Gasteiger partial charge in [-0.1, -0.05) is 0 Å². The molecule has 0 atom stereocenters. The third kappa shape index (κ3) is 4.59. The molecule has 4 N–H and O–H groups in total. The topological polar surface area (TPSA) is 143 Å². The SMILES string of the molecule is CS(=O)(=O)CCc1cc(F)cc(-c2nccc3[nH]c(-c4n[nH]c5ccc(-c6cncc(N)c6)nc45)cc23)c1. The van der Waals surface area contributed by atoms with Crippen LogP contribution in [0.3, 0.4) is 0 Å². The smallest absolute Gasteiger partial charge is 0.147 e. The summed E-state index contributed by atoms with van der Waals surface area (Å²) in [4.78, 5) is 16.9. The maximum absolute atomic E-state index is 14.5. The second kappa shape index (κ2) is 9.03. The van der Waals surface area contributed by atoms with Gasteiger partial charge in [-0.25, -0.2) is 17.8 Å². The number of benzene rings is 1. The number of fused-ring (bicyclic) bond motifs is 2. The predicted molar refractivity (Wildman–Crippen MR) is 145 cm³/mol. The van der Waals surface area contributed by atoms with E-state index in [1.54, 1.807) is 24.7 Å². The number of aromatic nitrogens is 6. The highest BCUT2D eigenvalue weighted by molar-refractivity contribution is 7.90. The molecule has 38 heavy (non-hydrogen) atoms. The summed E-state index contributed by atoms with van der Waals surface area (Å²) in [6.45, 7) is 0. The lowest BCUT2D eigenvalue weighted by molar-refractivity contribution is 0.600. The summed E-state index contributed by atoms with van der Waals surface area (Å²) in [6, 6.07) is 13.9. The minimum Gasteiger partial charge on any atom is -0.397 e. The molecular weight excluding hydrogens is 505 g/mol. The van der Waals surface area contributed by atoms with Crippen LogP contribution in [-0.2, 0) is 16.3 Å². The minimum atomic E-state index is -3.18. The van der Waals surface area contributed by atoms with Crippen LogP contribution in [0.1, 0.15) is 5.56 Å². The molecule has 0 saturated carbocycles. The molecule has 190 valence electrons. The number of rotatable bonds is 6. The van der Waals surface area contributed by atoms with Crippen molar-refractivity contribution >= 4 is 37.5 Å². The first-order valence-electron chi connectivity index (χ1n) is 11.8. The van der Waals surface area contributed by atoms with E-state index >= 15 is 0 Å². The number of H-pyrrole nitrogens is 2. The van der Waals surface area contributed by atoms with Crippen molar-refractivity contribution in [1.82, 2.24) is 30.1 Å². The number of pyridine rings is 3. The normalized spacial score (nSPS) is 11.9. The average molecular weight is 528 g/mol. The molecule has 0 fully saturated rings. The van der Waals surface area contributed by atoms with E-state index in [-0.39, 0.29) is 12.2 Å². The van der Waals surface area contributed by atoms with Crippen molar-refractivity contribution in [2.24, 2.45) is 0 Å². The zero-order valence-corrected chi connectivity index (χ0v) is 21.1. The van der Waals surface area contributed by atoms with E-state index < -0.39 is 15.7 Å². The number of sulfone groups is 1. The molecule has 0 saturated heterocycles. The Morgan fingerprint density at radius 2 is 1.84 bits per heavy atom. The summed E-state index contributed by atoms with van der Waals surface area (Å²) in [5.74, 6) is -0.513. The Bertz CT molecular complexity index is 1950. The molecule has 0 unspecified atom stereocenters. The van der Waals surface area contributed by atoms with Crippen LogP contribution in [0.5, 0.6) is 0 Å². The van der Waals surface area contributed by atoms with Gasteiger partial charge < -0.3 is 10.7 Å². The van der Waals surface area contributed by atoms with Crippen molar-refractivity contribution in [2.45, 2.75) is 6.42 Å². The van der Waals surface area contributed by atoms with E-state index in [1.165, 1.54) is 18.4 Å². The number of aromatic amines is 2. The van der Waals surface area contributed by atoms with Crippen molar-refractivity contribution in [3.63, 3.8) is 0 Å². The molecule has 1 aromatic carbocycles. The maximum atomic E-state index is 14.5. The van der Waals surface area contributed by atoms with E-state index in [0.717, 1.165) is 22.0 Å². The van der Waals surface area contributed by atoms with Gasteiger partial charge in [0.25, 0.3) is 0 Å². The molecule has 0 aliphatic rings. The highest BCUT2D eigenvalue weighted by atomic mass is 32.2. The van der Waals surface area contributed by atoms with E-state index in [2.05, 4.69) is 25.1 Å². The molecule has 0 aliphatic carbocycles. The van der Waals surface area contributed by atoms with Crippen LogP contribution in [-0.4, -0.2) is 50.6 Å². The van der Waals surface area contributed by atoms with Crippen molar-refractivity contribution < 1.29 is 12.8 Å². The molecule has 9 nitrogen and oxygen atoms in total. The minimum absolute atomic E-state index is 0.0608. The Kier molecular flexibility index (Phi) is 5.64. The number of halogens is 1. The Labute approximate surface area is 216 Å². The van der Waals surface area contributed by atoms with Gasteiger partial charge in [0.2, 0.25) is 0 Å². The molecule has 0 spiro atoms. The average Bonchev–Trinajstić information content (AvgIpc) is 3.50. The summed E-state index contributed by atoms with van der Waals surface area (Å²) < 4.78 is 37.7. The largest absolute Gasteiger partial charge is 0.397 e. The Balaban J connectivity index is 1.43. The molecule has 5 aromatic heterocycles. The lowest BCUT2D eigenvalue weighted by Gasteiger charge is -2.07. The standard InChI is InChI=1S/C27H22FN7O2S/c1-38(36,37)7-5-15-8-16(10-18(28)9-15)25-20-12-24(32-22(20)4-6-31-25)27-26-23(34-35-27)3-2-21(33-26)17-11-19(29)14-30-13-17/h2-4,6,8-14,32H,5,7,29H2,1H3,(H,34,35). The molecule has 0 radical (unpaired) electrons. The van der Waals surface area contributed by atoms with Crippen LogP contribution < -0.4 is 5.73 Å². The van der Waals surface area contributed by atoms with Gasteiger partial charge in [-0.3, -0.25) is 15.1 Å². The van der Waals surface area contributed by atoms with Crippen molar-refractivity contribution in [2.75, 3.05) is 17.7 Å². The summed E-state index contributed by atoms with van der Waals surface area (Å²) >= 11 is 0. The zero-order chi connectivity index (χ0) is 26.4. The lowest BCUT2D eigenvalue weighted by atomic mass is 10.0. The van der Waals surface area contributed by atoms with Gasteiger partial charge in [0.05, 0.1) is 34.0 Å². The van der Waals surface area contributed by atoms with Crippen LogP contribution in [0.25, 0.3) is 55.8 Å². The third-order valence-corrected chi connectivity index (χ3v) is 7.20. The fraction of sp³-hybridized carbons (Fsp3) is 0.111. The van der Waals surface area contributed by atoms with Crippen LogP contribution in [0, 0.1) is 5.82 Å². The van der Waals surface area contributed by atoms with E-state index in [1.807, 2.05) is 30.3 Å². The van der Waals surface area contributed by atoms with Crippen LogP contribution in [0.2, 0.25) is 0 Å². The van der Waals surface area contributed by atoms with Gasteiger partial charge in [-0.05, 0) is 60.5 Å². The number of hydrogen-bond acceptors (Lipinski definition) is 7. The third-order valence-electron chi connectivity index (χ3n) is 6.26. The van der Waals surface area contributed by atoms with Gasteiger partial charge in [0.1, 0.15) is 26.9 Å². The van der Waals surface area contributed by atoms with Crippen LogP contribution >= 0.6 is 0 Å². The number of nitrogens with two attached hydrogens (primary N) is 1. The second-order valence-electron chi connectivity index (χ2n) is 9.20. The van der Waals surface area contributed by atoms with Gasteiger partial charge in [0.15, 0.2) is 0 Å². The lowest BCUT2D eigenvalue weighted by Crippen LogP contribution is -2.06. The number of hydrogen-bond donors (Lipinski definition) is 3. The van der Waals surface area contributed by atoms with Crippen LogP contribution in [0.15, 0.2) is 67.1 Å². The summed E-state index contributed by atoms with van der Waals surface area (Å²) in [7, 11) is -3.18. The van der Waals surface area contributed by atoms with Gasteiger partial charge >= 0.3 is 0 Å². The summed E-state index contributed by atoms with van der Waals surface area (Å²) in [6.07, 6.45) is 6.31. The first kappa shape index (κ1) is 23.7. The van der Waals surface area contributed by atoms with Gasteiger partial charge in [-0.2, -0.15) is 5.10 Å². The first-order chi connectivity index (χ1) is 18.2. The quantitative estimate of drug-likeness (QED) is 0.288. The Morgan fingerprint density at radius 3 is 2.66 bits per heavy atom. The van der Waals surface area contributed by atoms with E-state index in [0.29, 0.717) is 45.1 Å². The first-order valence-corrected chi connectivity index (χ1v) is 13.8.